The van der Waals surface area contributed by atoms with E-state index in [1.54, 1.807) is 19.1 Å². The summed E-state index contributed by atoms with van der Waals surface area (Å²) in [5, 5.41) is 3.54. The fourth-order valence-electron chi connectivity index (χ4n) is 3.88. The number of rotatable bonds is 3. The molecule has 1 saturated heterocycles. The van der Waals surface area contributed by atoms with E-state index in [1.807, 2.05) is 12.1 Å². The predicted molar refractivity (Wildman–Crippen MR) is 114 cm³/mol. The molecule has 5 nitrogen and oxygen atoms in total. The summed E-state index contributed by atoms with van der Waals surface area (Å²) in [5.41, 5.74) is 10.1. The third-order valence-electron chi connectivity index (χ3n) is 5.56. The summed E-state index contributed by atoms with van der Waals surface area (Å²) in [6.07, 6.45) is 5.34. The van der Waals surface area contributed by atoms with Crippen LogP contribution in [0.4, 0.5) is 5.69 Å². The molecule has 1 atom stereocenters. The Balaban J connectivity index is 0.000000167. The minimum absolute atomic E-state index is 0.153. The largest absolute Gasteiger partial charge is 0.496 e. The van der Waals surface area contributed by atoms with Crippen molar-refractivity contribution in [3.05, 3.63) is 59.2 Å². The number of anilines is 1. The van der Waals surface area contributed by atoms with Gasteiger partial charge in [0.1, 0.15) is 5.75 Å². The molecule has 4 rings (SSSR count). The highest BCUT2D eigenvalue weighted by atomic mass is 16.5. The fraction of sp³-hybridized carbons (Fsp3) is 0.435. The molecule has 1 amide bonds. The van der Waals surface area contributed by atoms with Gasteiger partial charge in [-0.25, -0.2) is 0 Å². The second-order valence-corrected chi connectivity index (χ2v) is 7.36. The minimum atomic E-state index is 0.153. The smallest absolute Gasteiger partial charge is 0.227 e. The van der Waals surface area contributed by atoms with E-state index in [1.165, 1.54) is 31.4 Å². The van der Waals surface area contributed by atoms with E-state index < -0.39 is 0 Å². The van der Waals surface area contributed by atoms with Crippen LogP contribution in [0.3, 0.4) is 0 Å². The summed E-state index contributed by atoms with van der Waals surface area (Å²) in [6.45, 7) is 1.60. The van der Waals surface area contributed by atoms with Crippen LogP contribution in [0.15, 0.2) is 42.5 Å². The minimum Gasteiger partial charge on any atom is -0.496 e. The van der Waals surface area contributed by atoms with Crippen molar-refractivity contribution < 1.29 is 9.53 Å². The van der Waals surface area contributed by atoms with E-state index in [-0.39, 0.29) is 5.91 Å². The number of benzene rings is 2. The number of carbonyl (C=O) groups excluding carboxylic acids is 1. The van der Waals surface area contributed by atoms with Gasteiger partial charge in [-0.3, -0.25) is 4.79 Å². The molecule has 0 spiro atoms. The third kappa shape index (κ3) is 4.72. The van der Waals surface area contributed by atoms with Crippen LogP contribution < -0.4 is 20.7 Å². The van der Waals surface area contributed by atoms with E-state index in [0.29, 0.717) is 19.0 Å². The van der Waals surface area contributed by atoms with Gasteiger partial charge in [0.05, 0.1) is 7.11 Å². The van der Waals surface area contributed by atoms with Crippen molar-refractivity contribution in [2.24, 2.45) is 5.73 Å². The Morgan fingerprint density at radius 1 is 1.18 bits per heavy atom. The lowest BCUT2D eigenvalue weighted by Gasteiger charge is -2.27. The van der Waals surface area contributed by atoms with Crippen molar-refractivity contribution in [1.82, 2.24) is 5.32 Å². The van der Waals surface area contributed by atoms with E-state index in [0.717, 1.165) is 29.0 Å². The highest BCUT2D eigenvalue weighted by Crippen LogP contribution is 2.33. The summed E-state index contributed by atoms with van der Waals surface area (Å²) in [7, 11) is 3.44. The van der Waals surface area contributed by atoms with Crippen LogP contribution in [0.2, 0.25) is 0 Å². The van der Waals surface area contributed by atoms with Crippen molar-refractivity contribution in [2.45, 2.75) is 44.7 Å². The number of nitrogens with one attached hydrogen (secondary N) is 1. The highest BCUT2D eigenvalue weighted by molar-refractivity contribution is 5.96. The van der Waals surface area contributed by atoms with Crippen molar-refractivity contribution >= 4 is 11.6 Å². The van der Waals surface area contributed by atoms with Gasteiger partial charge < -0.3 is 20.7 Å². The van der Waals surface area contributed by atoms with Crippen LogP contribution in [-0.2, 0) is 17.8 Å². The zero-order chi connectivity index (χ0) is 19.9. The number of ether oxygens (including phenoxy) is 1. The van der Waals surface area contributed by atoms with E-state index >= 15 is 0 Å². The number of methoxy groups -OCH3 is 1. The summed E-state index contributed by atoms with van der Waals surface area (Å²) in [6, 6.07) is 15.3. The molecule has 28 heavy (non-hydrogen) atoms. The number of amides is 1. The zero-order valence-electron chi connectivity index (χ0n) is 16.9. The normalized spacial score (nSPS) is 18.8. The van der Waals surface area contributed by atoms with Crippen LogP contribution in [0.5, 0.6) is 5.75 Å². The van der Waals surface area contributed by atoms with E-state index in [2.05, 4.69) is 35.6 Å². The molecule has 0 bridgehead atoms. The lowest BCUT2D eigenvalue weighted by atomic mass is 9.98. The van der Waals surface area contributed by atoms with Gasteiger partial charge >= 0.3 is 0 Å². The topological polar surface area (TPSA) is 67.6 Å². The number of carbonyl (C=O) groups is 1. The van der Waals surface area contributed by atoms with Crippen LogP contribution >= 0.6 is 0 Å². The molecule has 0 unspecified atom stereocenters. The Morgan fingerprint density at radius 3 is 2.61 bits per heavy atom. The van der Waals surface area contributed by atoms with Crippen molar-refractivity contribution in [1.29, 1.82) is 0 Å². The Morgan fingerprint density at radius 2 is 1.96 bits per heavy atom. The van der Waals surface area contributed by atoms with Crippen LogP contribution in [0.25, 0.3) is 0 Å². The second-order valence-electron chi connectivity index (χ2n) is 7.36. The molecule has 2 heterocycles. The molecule has 2 aromatic rings. The Hall–Kier alpha value is -2.37. The van der Waals surface area contributed by atoms with Gasteiger partial charge in [-0.2, -0.15) is 0 Å². The van der Waals surface area contributed by atoms with Gasteiger partial charge in [0, 0.05) is 37.3 Å². The summed E-state index contributed by atoms with van der Waals surface area (Å²) >= 11 is 0. The standard InChI is InChI=1S/C12H16N2O2.C11H15N/c1-14-10-5-9(7-13)11(16-2)6-8(10)3-4-12(14)15;1-2-6-10(7-3-1)11-8-4-5-9-12-11/h5-6H,3-4,7,13H2,1-2H3;1-3,6-7,11-12H,4-5,8-9H2/t;11-/m.1/s1. The first-order valence-electron chi connectivity index (χ1n) is 10.1. The van der Waals surface area contributed by atoms with Crippen molar-refractivity contribution in [3.8, 4) is 5.75 Å². The fourth-order valence-corrected chi connectivity index (χ4v) is 3.88. The molecule has 2 aromatic carbocycles. The first-order valence-corrected chi connectivity index (χ1v) is 10.1. The number of hydrogen-bond donors (Lipinski definition) is 2. The Labute approximate surface area is 167 Å². The van der Waals surface area contributed by atoms with Crippen LogP contribution in [0.1, 0.15) is 48.4 Å². The molecule has 150 valence electrons. The maximum absolute atomic E-state index is 11.6. The second kappa shape index (κ2) is 9.71. The lowest BCUT2D eigenvalue weighted by Crippen LogP contribution is -2.31. The Bertz CT molecular complexity index is 786. The molecule has 5 heteroatoms. The quantitative estimate of drug-likeness (QED) is 0.853. The third-order valence-corrected chi connectivity index (χ3v) is 5.56. The maximum Gasteiger partial charge on any atom is 0.227 e. The number of hydrogen-bond acceptors (Lipinski definition) is 4. The van der Waals surface area contributed by atoms with Crippen molar-refractivity contribution in [3.63, 3.8) is 0 Å². The summed E-state index contributed by atoms with van der Waals surface area (Å²) < 4.78 is 5.28. The molecule has 2 aliphatic heterocycles. The number of fused-ring (bicyclic) bond motifs is 1. The molecule has 0 saturated carbocycles. The molecule has 0 aliphatic carbocycles. The summed E-state index contributed by atoms with van der Waals surface area (Å²) in [4.78, 5) is 13.3. The van der Waals surface area contributed by atoms with Crippen molar-refractivity contribution in [2.75, 3.05) is 25.6 Å². The lowest BCUT2D eigenvalue weighted by molar-refractivity contribution is -0.118. The first-order chi connectivity index (χ1) is 13.6. The average molecular weight is 382 g/mol. The van der Waals surface area contributed by atoms with Gasteiger partial charge in [-0.1, -0.05) is 36.8 Å². The van der Waals surface area contributed by atoms with Gasteiger partial charge in [-0.15, -0.1) is 0 Å². The Kier molecular flexibility index (Phi) is 7.06. The SMILES string of the molecule is COc1cc2c(cc1CN)N(C)C(=O)CC2.c1ccc([C@H]2CCCCN2)cc1. The summed E-state index contributed by atoms with van der Waals surface area (Å²) in [5.74, 6) is 0.963. The molecule has 3 N–H and O–H groups in total. The maximum atomic E-state index is 11.6. The van der Waals surface area contributed by atoms with Gasteiger partial charge in [0.15, 0.2) is 0 Å². The molecule has 0 aromatic heterocycles. The number of piperidine rings is 1. The molecular formula is C23H31N3O2. The van der Waals surface area contributed by atoms with Crippen LogP contribution in [-0.4, -0.2) is 26.6 Å². The number of aryl methyl sites for hydroxylation is 1. The van der Waals surface area contributed by atoms with Gasteiger partial charge in [-0.05, 0) is 49.1 Å². The molecule has 2 aliphatic rings. The first kappa shape index (κ1) is 20.4. The number of nitrogens with two attached hydrogens (primary N) is 1. The number of nitrogens with zero attached hydrogens (tertiary/aromatic N) is 1. The van der Waals surface area contributed by atoms with Gasteiger partial charge in [0.2, 0.25) is 5.91 Å². The van der Waals surface area contributed by atoms with E-state index in [9.17, 15) is 4.79 Å². The average Bonchev–Trinajstić information content (AvgIpc) is 2.77. The highest BCUT2D eigenvalue weighted by Gasteiger charge is 2.22. The van der Waals surface area contributed by atoms with Crippen LogP contribution in [0, 0.1) is 0 Å². The zero-order valence-corrected chi connectivity index (χ0v) is 16.9. The monoisotopic (exact) mass is 381 g/mol. The molecule has 1 fully saturated rings. The molecular weight excluding hydrogens is 350 g/mol. The van der Waals surface area contributed by atoms with Gasteiger partial charge in [0.25, 0.3) is 0 Å². The molecule has 0 radical (unpaired) electrons. The predicted octanol–water partition coefficient (Wildman–Crippen LogP) is 3.56. The van der Waals surface area contributed by atoms with E-state index in [4.69, 9.17) is 10.5 Å².